The molecule has 2 aliphatic carbocycles. The van der Waals surface area contributed by atoms with E-state index in [1.54, 1.807) is 7.11 Å². The minimum absolute atomic E-state index is 0.0191. The summed E-state index contributed by atoms with van der Waals surface area (Å²) in [4.78, 5) is 11.3. The first kappa shape index (κ1) is 7.29. The smallest absolute Gasteiger partial charge is 0.144 e. The van der Waals surface area contributed by atoms with Crippen molar-refractivity contribution in [2.75, 3.05) is 7.11 Å². The van der Waals surface area contributed by atoms with Gasteiger partial charge in [-0.2, -0.15) is 0 Å². The SMILES string of the molecule is COC1CC(=O)C12CCCC2. The van der Waals surface area contributed by atoms with E-state index < -0.39 is 0 Å². The zero-order chi connectivity index (χ0) is 7.90. The van der Waals surface area contributed by atoms with E-state index in [0.29, 0.717) is 12.2 Å². The van der Waals surface area contributed by atoms with E-state index in [9.17, 15) is 4.79 Å². The summed E-state index contributed by atoms with van der Waals surface area (Å²) in [7, 11) is 1.72. The van der Waals surface area contributed by atoms with E-state index >= 15 is 0 Å². The van der Waals surface area contributed by atoms with Crippen LogP contribution < -0.4 is 0 Å². The summed E-state index contributed by atoms with van der Waals surface area (Å²) in [6.45, 7) is 0. The van der Waals surface area contributed by atoms with Crippen LogP contribution in [0.5, 0.6) is 0 Å². The largest absolute Gasteiger partial charge is 0.380 e. The Morgan fingerprint density at radius 2 is 2.09 bits per heavy atom. The zero-order valence-corrected chi connectivity index (χ0v) is 6.93. The molecule has 2 rings (SSSR count). The zero-order valence-electron chi connectivity index (χ0n) is 6.93. The minimum Gasteiger partial charge on any atom is -0.380 e. The average Bonchev–Trinajstić information content (AvgIpc) is 2.50. The van der Waals surface area contributed by atoms with Crippen molar-refractivity contribution >= 4 is 5.78 Å². The van der Waals surface area contributed by atoms with Crippen LogP contribution in [0.25, 0.3) is 0 Å². The Kier molecular flexibility index (Phi) is 1.53. The van der Waals surface area contributed by atoms with E-state index in [1.165, 1.54) is 12.8 Å². The summed E-state index contributed by atoms with van der Waals surface area (Å²) < 4.78 is 5.27. The second-order valence-electron chi connectivity index (χ2n) is 3.71. The lowest BCUT2D eigenvalue weighted by atomic mass is 9.64. The van der Waals surface area contributed by atoms with Crippen molar-refractivity contribution in [2.45, 2.75) is 38.2 Å². The van der Waals surface area contributed by atoms with Gasteiger partial charge in [-0.1, -0.05) is 12.8 Å². The molecule has 1 unspecified atom stereocenters. The fourth-order valence-electron chi connectivity index (χ4n) is 2.53. The Hall–Kier alpha value is -0.370. The highest BCUT2D eigenvalue weighted by atomic mass is 16.5. The maximum atomic E-state index is 11.3. The van der Waals surface area contributed by atoms with Crippen molar-refractivity contribution in [3.63, 3.8) is 0 Å². The van der Waals surface area contributed by atoms with Gasteiger partial charge in [0.1, 0.15) is 5.78 Å². The van der Waals surface area contributed by atoms with Gasteiger partial charge < -0.3 is 4.74 Å². The maximum Gasteiger partial charge on any atom is 0.144 e. The summed E-state index contributed by atoms with van der Waals surface area (Å²) >= 11 is 0. The molecule has 0 N–H and O–H groups in total. The molecule has 0 saturated heterocycles. The number of hydrogen-bond donors (Lipinski definition) is 0. The highest BCUT2D eigenvalue weighted by molar-refractivity contribution is 5.92. The first-order valence-electron chi connectivity index (χ1n) is 4.36. The molecule has 62 valence electrons. The van der Waals surface area contributed by atoms with Gasteiger partial charge in [-0.3, -0.25) is 4.79 Å². The maximum absolute atomic E-state index is 11.3. The molecule has 11 heavy (non-hydrogen) atoms. The molecule has 0 radical (unpaired) electrons. The highest BCUT2D eigenvalue weighted by Gasteiger charge is 2.55. The van der Waals surface area contributed by atoms with Gasteiger partial charge in [0.15, 0.2) is 0 Å². The first-order valence-corrected chi connectivity index (χ1v) is 4.36. The molecule has 2 saturated carbocycles. The fourth-order valence-corrected chi connectivity index (χ4v) is 2.53. The van der Waals surface area contributed by atoms with Gasteiger partial charge in [-0.05, 0) is 12.8 Å². The third kappa shape index (κ3) is 0.791. The normalized spacial score (nSPS) is 34.3. The first-order chi connectivity index (χ1) is 5.29. The molecule has 2 heteroatoms. The molecule has 2 aliphatic rings. The Bertz CT molecular complexity index is 180. The molecule has 2 nitrogen and oxygen atoms in total. The fraction of sp³-hybridized carbons (Fsp3) is 0.889. The third-order valence-electron chi connectivity index (χ3n) is 3.32. The number of ketones is 1. The van der Waals surface area contributed by atoms with Gasteiger partial charge in [-0.15, -0.1) is 0 Å². The van der Waals surface area contributed by atoms with E-state index in [-0.39, 0.29) is 11.5 Å². The molecule has 0 aromatic rings. The van der Waals surface area contributed by atoms with Crippen LogP contribution in [-0.2, 0) is 9.53 Å². The van der Waals surface area contributed by atoms with Crippen molar-refractivity contribution in [3.05, 3.63) is 0 Å². The lowest BCUT2D eigenvalue weighted by Crippen LogP contribution is -2.53. The molecule has 2 fully saturated rings. The number of hydrogen-bond acceptors (Lipinski definition) is 2. The van der Waals surface area contributed by atoms with E-state index in [1.807, 2.05) is 0 Å². The minimum atomic E-state index is -0.0191. The van der Waals surface area contributed by atoms with Gasteiger partial charge in [0.25, 0.3) is 0 Å². The molecular formula is C9H14O2. The van der Waals surface area contributed by atoms with Crippen LogP contribution in [0.4, 0.5) is 0 Å². The number of methoxy groups -OCH3 is 1. The molecule has 0 aromatic heterocycles. The van der Waals surface area contributed by atoms with Crippen molar-refractivity contribution < 1.29 is 9.53 Å². The molecule has 1 spiro atoms. The summed E-state index contributed by atoms with van der Waals surface area (Å²) in [6, 6.07) is 0. The Morgan fingerprint density at radius 1 is 1.45 bits per heavy atom. The van der Waals surface area contributed by atoms with Crippen LogP contribution in [0.1, 0.15) is 32.1 Å². The summed E-state index contributed by atoms with van der Waals surface area (Å²) in [5.74, 6) is 0.446. The average molecular weight is 154 g/mol. The standard InChI is InChI=1S/C9H14O2/c1-11-8-6-7(10)9(8)4-2-3-5-9/h8H,2-6H2,1H3. The van der Waals surface area contributed by atoms with E-state index in [4.69, 9.17) is 4.74 Å². The van der Waals surface area contributed by atoms with Crippen LogP contribution in [0.3, 0.4) is 0 Å². The molecule has 0 aromatic carbocycles. The molecule has 0 bridgehead atoms. The van der Waals surface area contributed by atoms with Crippen LogP contribution in [-0.4, -0.2) is 19.0 Å². The van der Waals surface area contributed by atoms with Gasteiger partial charge in [-0.25, -0.2) is 0 Å². The number of rotatable bonds is 1. The molecular weight excluding hydrogens is 140 g/mol. The Balaban J connectivity index is 2.14. The van der Waals surface area contributed by atoms with Crippen molar-refractivity contribution in [1.29, 1.82) is 0 Å². The monoisotopic (exact) mass is 154 g/mol. The second kappa shape index (κ2) is 2.31. The lowest BCUT2D eigenvalue weighted by Gasteiger charge is -2.44. The van der Waals surface area contributed by atoms with Crippen molar-refractivity contribution in [1.82, 2.24) is 0 Å². The number of ether oxygens (including phenoxy) is 1. The number of carbonyl (C=O) groups excluding carboxylic acids is 1. The molecule has 0 heterocycles. The van der Waals surface area contributed by atoms with E-state index in [2.05, 4.69) is 0 Å². The third-order valence-corrected chi connectivity index (χ3v) is 3.32. The number of carbonyl (C=O) groups is 1. The predicted octanol–water partition coefficient (Wildman–Crippen LogP) is 1.53. The Labute approximate surface area is 66.9 Å². The lowest BCUT2D eigenvalue weighted by molar-refractivity contribution is -0.158. The van der Waals surface area contributed by atoms with Gasteiger partial charge in [0.05, 0.1) is 11.5 Å². The van der Waals surface area contributed by atoms with Gasteiger partial charge >= 0.3 is 0 Å². The summed E-state index contributed by atoms with van der Waals surface area (Å²) in [5, 5.41) is 0. The summed E-state index contributed by atoms with van der Waals surface area (Å²) in [6.07, 6.45) is 5.49. The van der Waals surface area contributed by atoms with Crippen LogP contribution in [0.15, 0.2) is 0 Å². The van der Waals surface area contributed by atoms with Crippen LogP contribution >= 0.6 is 0 Å². The predicted molar refractivity (Wildman–Crippen MR) is 41.3 cm³/mol. The van der Waals surface area contributed by atoms with Crippen LogP contribution in [0.2, 0.25) is 0 Å². The van der Waals surface area contributed by atoms with Gasteiger partial charge in [0.2, 0.25) is 0 Å². The summed E-state index contributed by atoms with van der Waals surface area (Å²) in [5.41, 5.74) is -0.0191. The van der Waals surface area contributed by atoms with E-state index in [0.717, 1.165) is 12.8 Å². The van der Waals surface area contributed by atoms with Crippen LogP contribution in [0, 0.1) is 5.41 Å². The number of Topliss-reactive ketones (excluding diaryl/α,β-unsaturated/α-hetero) is 1. The van der Waals surface area contributed by atoms with Gasteiger partial charge in [0, 0.05) is 13.5 Å². The quantitative estimate of drug-likeness (QED) is 0.572. The van der Waals surface area contributed by atoms with Crippen molar-refractivity contribution in [3.8, 4) is 0 Å². The molecule has 0 aliphatic heterocycles. The molecule has 0 amide bonds. The topological polar surface area (TPSA) is 26.3 Å². The highest BCUT2D eigenvalue weighted by Crippen LogP contribution is 2.51. The Morgan fingerprint density at radius 3 is 2.55 bits per heavy atom. The second-order valence-corrected chi connectivity index (χ2v) is 3.71. The molecule has 1 atom stereocenters. The van der Waals surface area contributed by atoms with Crippen molar-refractivity contribution in [2.24, 2.45) is 5.41 Å².